The van der Waals surface area contributed by atoms with Crippen LogP contribution in [0.4, 0.5) is 4.79 Å². The standard InChI is InChI=1S/C17H24N2O4/c1-12-9-13(11-22-2)10-19(12)16(20)15(18-17(21)23-3)14-7-5-4-6-8-14/h4-8,12-13,15H,9-11H2,1-3H3,(H,18,21)/t12-,13+,15-/m1/s1. The molecule has 23 heavy (non-hydrogen) atoms. The highest BCUT2D eigenvalue weighted by Gasteiger charge is 2.36. The van der Waals surface area contributed by atoms with Gasteiger partial charge in [0, 0.05) is 25.6 Å². The van der Waals surface area contributed by atoms with Gasteiger partial charge in [-0.3, -0.25) is 4.79 Å². The highest BCUT2D eigenvalue weighted by Crippen LogP contribution is 2.27. The number of alkyl carbamates (subject to hydrolysis) is 1. The largest absolute Gasteiger partial charge is 0.453 e. The zero-order valence-corrected chi connectivity index (χ0v) is 13.8. The molecule has 1 fully saturated rings. The van der Waals surface area contributed by atoms with Gasteiger partial charge in [-0.1, -0.05) is 30.3 Å². The third-order valence-corrected chi connectivity index (χ3v) is 4.17. The van der Waals surface area contributed by atoms with Crippen LogP contribution < -0.4 is 5.32 Å². The molecule has 0 aromatic heterocycles. The number of nitrogens with zero attached hydrogens (tertiary/aromatic N) is 1. The second-order valence-electron chi connectivity index (χ2n) is 5.88. The first-order valence-electron chi connectivity index (χ1n) is 7.75. The summed E-state index contributed by atoms with van der Waals surface area (Å²) in [5.74, 6) is 0.209. The summed E-state index contributed by atoms with van der Waals surface area (Å²) in [5, 5.41) is 2.64. The molecule has 1 N–H and O–H groups in total. The van der Waals surface area contributed by atoms with E-state index in [0.29, 0.717) is 19.1 Å². The normalized spacial score (nSPS) is 21.8. The van der Waals surface area contributed by atoms with E-state index >= 15 is 0 Å². The van der Waals surface area contributed by atoms with Crippen molar-refractivity contribution < 1.29 is 19.1 Å². The average molecular weight is 320 g/mol. The topological polar surface area (TPSA) is 67.9 Å². The predicted octanol–water partition coefficient (Wildman–Crippen LogP) is 1.97. The maximum absolute atomic E-state index is 13.0. The molecule has 6 nitrogen and oxygen atoms in total. The van der Waals surface area contributed by atoms with Crippen LogP contribution in [0.25, 0.3) is 0 Å². The van der Waals surface area contributed by atoms with Gasteiger partial charge in [0.2, 0.25) is 5.91 Å². The first-order chi connectivity index (χ1) is 11.1. The highest BCUT2D eigenvalue weighted by molar-refractivity contribution is 5.87. The van der Waals surface area contributed by atoms with E-state index in [9.17, 15) is 9.59 Å². The second kappa shape index (κ2) is 7.97. The van der Waals surface area contributed by atoms with Crippen LogP contribution in [0.2, 0.25) is 0 Å². The number of carbonyl (C=O) groups is 2. The molecule has 1 aromatic carbocycles. The smallest absolute Gasteiger partial charge is 0.407 e. The van der Waals surface area contributed by atoms with E-state index in [-0.39, 0.29) is 11.9 Å². The van der Waals surface area contributed by atoms with E-state index in [0.717, 1.165) is 12.0 Å². The lowest BCUT2D eigenvalue weighted by molar-refractivity contribution is -0.134. The number of carbonyl (C=O) groups excluding carboxylic acids is 2. The number of ether oxygens (including phenoxy) is 2. The van der Waals surface area contributed by atoms with Crippen molar-refractivity contribution in [2.45, 2.75) is 25.4 Å². The fourth-order valence-corrected chi connectivity index (χ4v) is 3.08. The van der Waals surface area contributed by atoms with Crippen LogP contribution in [-0.2, 0) is 14.3 Å². The summed E-state index contributed by atoms with van der Waals surface area (Å²) in [4.78, 5) is 26.4. The SMILES string of the molecule is COC[C@H]1C[C@@H](C)N(C(=O)[C@H](NC(=O)OC)c2ccccc2)C1. The predicted molar refractivity (Wildman–Crippen MR) is 85.9 cm³/mol. The number of likely N-dealkylation sites (tertiary alicyclic amines) is 1. The zero-order valence-electron chi connectivity index (χ0n) is 13.8. The lowest BCUT2D eigenvalue weighted by Gasteiger charge is -2.27. The molecule has 0 spiro atoms. The van der Waals surface area contributed by atoms with Crippen molar-refractivity contribution in [2.24, 2.45) is 5.92 Å². The van der Waals surface area contributed by atoms with Crippen LogP contribution in [0.3, 0.4) is 0 Å². The van der Waals surface area contributed by atoms with Gasteiger partial charge in [-0.05, 0) is 18.9 Å². The van der Waals surface area contributed by atoms with Crippen LogP contribution in [0.15, 0.2) is 30.3 Å². The van der Waals surface area contributed by atoms with Gasteiger partial charge < -0.3 is 19.7 Å². The molecule has 3 atom stereocenters. The van der Waals surface area contributed by atoms with Gasteiger partial charge in [-0.2, -0.15) is 0 Å². The van der Waals surface area contributed by atoms with Crippen LogP contribution in [-0.4, -0.2) is 50.3 Å². The molecule has 0 bridgehead atoms. The first kappa shape index (κ1) is 17.3. The Balaban J connectivity index is 2.18. The number of rotatable bonds is 5. The Hall–Kier alpha value is -2.08. The van der Waals surface area contributed by atoms with Crippen LogP contribution >= 0.6 is 0 Å². The van der Waals surface area contributed by atoms with Gasteiger partial charge in [-0.15, -0.1) is 0 Å². The summed E-state index contributed by atoms with van der Waals surface area (Å²) in [7, 11) is 2.95. The van der Waals surface area contributed by atoms with Crippen molar-refractivity contribution >= 4 is 12.0 Å². The van der Waals surface area contributed by atoms with Crippen molar-refractivity contribution in [1.29, 1.82) is 0 Å². The molecular weight excluding hydrogens is 296 g/mol. The Kier molecular flexibility index (Phi) is 5.98. The molecule has 1 aliphatic heterocycles. The summed E-state index contributed by atoms with van der Waals surface area (Å²) in [6, 6.07) is 8.58. The van der Waals surface area contributed by atoms with Crippen molar-refractivity contribution in [2.75, 3.05) is 27.4 Å². The Morgan fingerprint density at radius 2 is 2.00 bits per heavy atom. The monoisotopic (exact) mass is 320 g/mol. The fraction of sp³-hybridized carbons (Fsp3) is 0.529. The molecule has 6 heteroatoms. The van der Waals surface area contributed by atoms with Gasteiger partial charge in [0.1, 0.15) is 6.04 Å². The van der Waals surface area contributed by atoms with Gasteiger partial charge >= 0.3 is 6.09 Å². The van der Waals surface area contributed by atoms with Gasteiger partial charge in [-0.25, -0.2) is 4.79 Å². The quantitative estimate of drug-likeness (QED) is 0.900. The highest BCUT2D eigenvalue weighted by atomic mass is 16.5. The van der Waals surface area contributed by atoms with Crippen LogP contribution in [0.1, 0.15) is 24.9 Å². The minimum atomic E-state index is -0.743. The number of methoxy groups -OCH3 is 2. The van der Waals surface area contributed by atoms with Crippen LogP contribution in [0, 0.1) is 5.92 Å². The number of amides is 2. The average Bonchev–Trinajstić information content (AvgIpc) is 2.93. The molecule has 1 heterocycles. The molecule has 2 amide bonds. The number of nitrogens with one attached hydrogen (secondary N) is 1. The third-order valence-electron chi connectivity index (χ3n) is 4.17. The Bertz CT molecular complexity index is 535. The van der Waals surface area contributed by atoms with Gasteiger partial charge in [0.25, 0.3) is 0 Å². The molecule has 1 aliphatic rings. The summed E-state index contributed by atoms with van der Waals surface area (Å²) in [5.41, 5.74) is 0.741. The Labute approximate surface area is 136 Å². The van der Waals surface area contributed by atoms with Gasteiger partial charge in [0.05, 0.1) is 13.7 Å². The molecule has 0 unspecified atom stereocenters. The minimum absolute atomic E-state index is 0.118. The lowest BCUT2D eigenvalue weighted by atomic mass is 10.1. The molecular formula is C17H24N2O4. The van der Waals surface area contributed by atoms with Gasteiger partial charge in [0.15, 0.2) is 0 Å². The van der Waals surface area contributed by atoms with E-state index in [4.69, 9.17) is 4.74 Å². The number of hydrogen-bond donors (Lipinski definition) is 1. The maximum Gasteiger partial charge on any atom is 0.407 e. The third kappa shape index (κ3) is 4.22. The Morgan fingerprint density at radius 1 is 1.30 bits per heavy atom. The van der Waals surface area contributed by atoms with Crippen molar-refractivity contribution in [3.05, 3.63) is 35.9 Å². The van der Waals surface area contributed by atoms with E-state index in [1.165, 1.54) is 7.11 Å². The van der Waals surface area contributed by atoms with Crippen molar-refractivity contribution in [3.8, 4) is 0 Å². The summed E-state index contributed by atoms with van der Waals surface area (Å²) in [6.07, 6.45) is 0.284. The van der Waals surface area contributed by atoms with Crippen LogP contribution in [0.5, 0.6) is 0 Å². The van der Waals surface area contributed by atoms with Crippen molar-refractivity contribution in [1.82, 2.24) is 10.2 Å². The molecule has 1 aromatic rings. The van der Waals surface area contributed by atoms with E-state index in [1.54, 1.807) is 7.11 Å². The first-order valence-corrected chi connectivity index (χ1v) is 7.75. The fourth-order valence-electron chi connectivity index (χ4n) is 3.08. The Morgan fingerprint density at radius 3 is 2.61 bits per heavy atom. The maximum atomic E-state index is 13.0. The zero-order chi connectivity index (χ0) is 16.8. The van der Waals surface area contributed by atoms with E-state index < -0.39 is 12.1 Å². The van der Waals surface area contributed by atoms with E-state index in [1.807, 2.05) is 42.2 Å². The van der Waals surface area contributed by atoms with Crippen molar-refractivity contribution in [3.63, 3.8) is 0 Å². The number of hydrogen-bond acceptors (Lipinski definition) is 4. The molecule has 126 valence electrons. The summed E-state index contributed by atoms with van der Waals surface area (Å²) >= 11 is 0. The van der Waals surface area contributed by atoms with E-state index in [2.05, 4.69) is 10.1 Å². The lowest BCUT2D eigenvalue weighted by Crippen LogP contribution is -2.44. The molecule has 1 saturated heterocycles. The molecule has 0 saturated carbocycles. The number of benzene rings is 1. The molecule has 2 rings (SSSR count). The second-order valence-corrected chi connectivity index (χ2v) is 5.88. The molecule has 0 radical (unpaired) electrons. The minimum Gasteiger partial charge on any atom is -0.453 e. The summed E-state index contributed by atoms with van der Waals surface area (Å²) < 4.78 is 9.86. The molecule has 0 aliphatic carbocycles. The summed E-state index contributed by atoms with van der Waals surface area (Å²) in [6.45, 7) is 3.29.